The maximum Gasteiger partial charge on any atom is 0.389 e. The van der Waals surface area contributed by atoms with Gasteiger partial charge in [-0.3, -0.25) is 4.79 Å². The average Bonchev–Trinajstić information content (AvgIpc) is 2.33. The Morgan fingerprint density at radius 2 is 1.89 bits per heavy atom. The fourth-order valence-corrected chi connectivity index (χ4v) is 1.67. The molecule has 18 heavy (non-hydrogen) atoms. The lowest BCUT2D eigenvalue weighted by Gasteiger charge is -2.16. The van der Waals surface area contributed by atoms with Crippen LogP contribution >= 0.6 is 11.6 Å². The van der Waals surface area contributed by atoms with Crippen LogP contribution in [0.1, 0.15) is 24.4 Å². The van der Waals surface area contributed by atoms with Gasteiger partial charge in [0.2, 0.25) is 5.91 Å². The van der Waals surface area contributed by atoms with Crippen LogP contribution in [0.2, 0.25) is 0 Å². The van der Waals surface area contributed by atoms with Crippen molar-refractivity contribution in [1.29, 1.82) is 0 Å². The number of carbonyl (C=O) groups excluding carboxylic acids is 1. The van der Waals surface area contributed by atoms with Crippen molar-refractivity contribution in [1.82, 2.24) is 5.32 Å². The van der Waals surface area contributed by atoms with E-state index in [-0.39, 0.29) is 5.88 Å². The molecule has 0 fully saturated rings. The first kappa shape index (κ1) is 14.8. The number of hydrogen-bond donors (Lipinski definition) is 1. The Morgan fingerprint density at radius 3 is 2.39 bits per heavy atom. The number of nitrogens with one attached hydrogen (secondary N) is 1. The first-order valence-electron chi connectivity index (χ1n) is 5.39. The molecule has 1 aromatic rings. The summed E-state index contributed by atoms with van der Waals surface area (Å²) in [5.74, 6) is -0.538. The van der Waals surface area contributed by atoms with E-state index in [1.54, 1.807) is 30.3 Å². The molecule has 1 N–H and O–H groups in total. The van der Waals surface area contributed by atoms with Crippen LogP contribution in [0.5, 0.6) is 0 Å². The van der Waals surface area contributed by atoms with Gasteiger partial charge in [-0.05, 0) is 5.56 Å². The highest BCUT2D eigenvalue weighted by molar-refractivity contribution is 6.18. The third kappa shape index (κ3) is 5.40. The number of hydrogen-bond acceptors (Lipinski definition) is 1. The zero-order chi connectivity index (χ0) is 13.6. The highest BCUT2D eigenvalue weighted by Gasteiger charge is 2.28. The van der Waals surface area contributed by atoms with Gasteiger partial charge in [-0.15, -0.1) is 11.6 Å². The van der Waals surface area contributed by atoms with Crippen molar-refractivity contribution in [2.24, 2.45) is 0 Å². The lowest BCUT2D eigenvalue weighted by atomic mass is 10.1. The molecule has 0 radical (unpaired) electrons. The number of rotatable bonds is 5. The molecule has 1 amide bonds. The van der Waals surface area contributed by atoms with Gasteiger partial charge in [0.25, 0.3) is 0 Å². The molecule has 0 aliphatic rings. The van der Waals surface area contributed by atoms with Gasteiger partial charge in [-0.1, -0.05) is 30.3 Å². The van der Waals surface area contributed by atoms with Gasteiger partial charge in [0.05, 0.1) is 12.5 Å². The molecular weight excluding hydrogens is 267 g/mol. The highest BCUT2D eigenvalue weighted by atomic mass is 35.5. The zero-order valence-electron chi connectivity index (χ0n) is 9.51. The van der Waals surface area contributed by atoms with E-state index >= 15 is 0 Å². The Bertz CT molecular complexity index is 381. The predicted molar refractivity (Wildman–Crippen MR) is 63.3 cm³/mol. The largest absolute Gasteiger partial charge is 0.389 e. The van der Waals surface area contributed by atoms with E-state index in [1.807, 2.05) is 0 Å². The number of carbonyl (C=O) groups is 1. The molecule has 0 saturated carbocycles. The molecule has 0 bridgehead atoms. The third-order valence-electron chi connectivity index (χ3n) is 2.33. The molecule has 0 aliphatic heterocycles. The van der Waals surface area contributed by atoms with Gasteiger partial charge in [-0.2, -0.15) is 13.2 Å². The normalized spacial score (nSPS) is 13.1. The van der Waals surface area contributed by atoms with E-state index in [0.29, 0.717) is 0 Å². The summed E-state index contributed by atoms with van der Waals surface area (Å²) in [4.78, 5) is 11.4. The van der Waals surface area contributed by atoms with E-state index < -0.39 is 31.0 Å². The van der Waals surface area contributed by atoms with Crippen LogP contribution in [0.4, 0.5) is 13.2 Å². The number of benzene rings is 1. The van der Waals surface area contributed by atoms with Crippen molar-refractivity contribution in [3.8, 4) is 0 Å². The van der Waals surface area contributed by atoms with Crippen molar-refractivity contribution < 1.29 is 18.0 Å². The lowest BCUT2D eigenvalue weighted by molar-refractivity contribution is -0.144. The molecule has 1 atom stereocenters. The lowest BCUT2D eigenvalue weighted by Crippen LogP contribution is -2.30. The van der Waals surface area contributed by atoms with Crippen LogP contribution in [-0.2, 0) is 4.79 Å². The molecule has 6 heteroatoms. The van der Waals surface area contributed by atoms with Gasteiger partial charge >= 0.3 is 6.18 Å². The number of halogens is 4. The molecule has 0 heterocycles. The first-order valence-corrected chi connectivity index (χ1v) is 5.93. The van der Waals surface area contributed by atoms with Gasteiger partial charge in [-0.25, -0.2) is 0 Å². The molecule has 0 saturated heterocycles. The van der Waals surface area contributed by atoms with E-state index in [4.69, 9.17) is 11.6 Å². The third-order valence-corrected chi connectivity index (χ3v) is 2.64. The summed E-state index contributed by atoms with van der Waals surface area (Å²) in [5.41, 5.74) is 0.771. The van der Waals surface area contributed by atoms with Crippen LogP contribution in [0.15, 0.2) is 30.3 Å². The molecule has 0 aliphatic carbocycles. The van der Waals surface area contributed by atoms with Crippen molar-refractivity contribution in [3.05, 3.63) is 35.9 Å². The van der Waals surface area contributed by atoms with Crippen molar-refractivity contribution in [2.75, 3.05) is 5.88 Å². The quantitative estimate of drug-likeness (QED) is 0.822. The summed E-state index contributed by atoms with van der Waals surface area (Å²) in [5, 5.41) is 2.48. The Balaban J connectivity index is 2.51. The van der Waals surface area contributed by atoms with E-state index in [2.05, 4.69) is 5.32 Å². The number of alkyl halides is 4. The summed E-state index contributed by atoms with van der Waals surface area (Å²) < 4.78 is 35.9. The van der Waals surface area contributed by atoms with E-state index in [0.717, 1.165) is 5.56 Å². The van der Waals surface area contributed by atoms with Crippen molar-refractivity contribution >= 4 is 17.5 Å². The summed E-state index contributed by atoms with van der Waals surface area (Å²) >= 11 is 5.70. The van der Waals surface area contributed by atoms with Crippen LogP contribution < -0.4 is 5.32 Å². The summed E-state index contributed by atoms with van der Waals surface area (Å²) in [6.45, 7) is 0. The molecule has 100 valence electrons. The average molecular weight is 280 g/mol. The zero-order valence-corrected chi connectivity index (χ0v) is 10.3. The second-order valence-electron chi connectivity index (χ2n) is 3.80. The maximum atomic E-state index is 12.0. The van der Waals surface area contributed by atoms with E-state index in [9.17, 15) is 18.0 Å². The van der Waals surface area contributed by atoms with E-state index in [1.165, 1.54) is 0 Å². The molecule has 1 rings (SSSR count). The molecule has 2 nitrogen and oxygen atoms in total. The Morgan fingerprint density at radius 1 is 1.28 bits per heavy atom. The van der Waals surface area contributed by atoms with Crippen LogP contribution in [0.25, 0.3) is 0 Å². The monoisotopic (exact) mass is 279 g/mol. The molecule has 0 spiro atoms. The van der Waals surface area contributed by atoms with Gasteiger partial charge < -0.3 is 5.32 Å². The fraction of sp³-hybridized carbons (Fsp3) is 0.417. The van der Waals surface area contributed by atoms with Crippen LogP contribution in [0.3, 0.4) is 0 Å². The topological polar surface area (TPSA) is 29.1 Å². The molecule has 1 aromatic carbocycles. The minimum absolute atomic E-state index is 0.113. The summed E-state index contributed by atoms with van der Waals surface area (Å²) in [6, 6.07) is 8.41. The summed E-state index contributed by atoms with van der Waals surface area (Å²) in [7, 11) is 0. The molecular formula is C12H13ClF3NO. The smallest absolute Gasteiger partial charge is 0.348 e. The standard InChI is InChI=1S/C12H13ClF3NO/c13-8-10(9-4-2-1-3-5-9)17-11(18)6-7-12(14,15)16/h1-5,10H,6-8H2,(H,17,18). The molecule has 0 aromatic heterocycles. The fourth-order valence-electron chi connectivity index (χ4n) is 1.42. The Labute approximate surface area is 108 Å². The minimum Gasteiger partial charge on any atom is -0.348 e. The predicted octanol–water partition coefficient (Wildman–Crippen LogP) is 3.43. The van der Waals surface area contributed by atoms with Crippen LogP contribution in [-0.4, -0.2) is 18.0 Å². The van der Waals surface area contributed by atoms with Crippen molar-refractivity contribution in [2.45, 2.75) is 25.1 Å². The van der Waals surface area contributed by atoms with Gasteiger partial charge in [0.15, 0.2) is 0 Å². The van der Waals surface area contributed by atoms with Crippen molar-refractivity contribution in [3.63, 3.8) is 0 Å². The molecule has 1 unspecified atom stereocenters. The summed E-state index contributed by atoms with van der Waals surface area (Å²) in [6.07, 6.45) is -6.02. The van der Waals surface area contributed by atoms with Gasteiger partial charge in [0, 0.05) is 12.3 Å². The SMILES string of the molecule is O=C(CCC(F)(F)F)NC(CCl)c1ccccc1. The second kappa shape index (κ2) is 6.64. The Kier molecular flexibility index (Phi) is 5.47. The highest BCUT2D eigenvalue weighted by Crippen LogP contribution is 2.21. The Hall–Kier alpha value is -1.23. The van der Waals surface area contributed by atoms with Gasteiger partial charge in [0.1, 0.15) is 0 Å². The second-order valence-corrected chi connectivity index (χ2v) is 4.11. The first-order chi connectivity index (χ1) is 8.42. The van der Waals surface area contributed by atoms with Crippen LogP contribution in [0, 0.1) is 0 Å². The minimum atomic E-state index is -4.32. The maximum absolute atomic E-state index is 12.0. The number of amides is 1.